The van der Waals surface area contributed by atoms with Gasteiger partial charge >= 0.3 is 5.97 Å². The maximum Gasteiger partial charge on any atom is 0.352 e. The number of carboxylic acids is 1. The van der Waals surface area contributed by atoms with Crippen molar-refractivity contribution in [3.63, 3.8) is 0 Å². The number of furan rings is 1. The Kier molecular flexibility index (Phi) is 5.89. The molecule has 5 nitrogen and oxygen atoms in total. The lowest BCUT2D eigenvalue weighted by atomic mass is 10.0. The first kappa shape index (κ1) is 18.0. The fourth-order valence-electron chi connectivity index (χ4n) is 3.33. The minimum absolute atomic E-state index is 0.171. The van der Waals surface area contributed by atoms with E-state index in [0.717, 1.165) is 12.0 Å². The van der Waals surface area contributed by atoms with Gasteiger partial charge in [-0.3, -0.25) is 4.79 Å². The lowest BCUT2D eigenvalue weighted by Gasteiger charge is -2.09. The maximum atomic E-state index is 12.1. The third-order valence-corrected chi connectivity index (χ3v) is 4.73. The lowest BCUT2D eigenvalue weighted by molar-refractivity contribution is -0.134. The average Bonchev–Trinajstić information content (AvgIpc) is 3.32. The van der Waals surface area contributed by atoms with Crippen molar-refractivity contribution in [2.75, 3.05) is 0 Å². The summed E-state index contributed by atoms with van der Waals surface area (Å²) in [6, 6.07) is 13.0. The highest BCUT2D eigenvalue weighted by molar-refractivity contribution is 5.96. The summed E-state index contributed by atoms with van der Waals surface area (Å²) < 4.78 is 5.68. The number of carbonyl (C=O) groups excluding carboxylic acids is 1. The highest BCUT2D eigenvalue weighted by atomic mass is 16.4. The Hall–Kier alpha value is -2.82. The lowest BCUT2D eigenvalue weighted by Crippen LogP contribution is -2.27. The van der Waals surface area contributed by atoms with Crippen LogP contribution in [-0.2, 0) is 9.59 Å². The van der Waals surface area contributed by atoms with Crippen LogP contribution in [-0.4, -0.2) is 17.0 Å². The Morgan fingerprint density at radius 2 is 1.85 bits per heavy atom. The Balaban J connectivity index is 1.64. The fourth-order valence-corrected chi connectivity index (χ4v) is 3.33. The van der Waals surface area contributed by atoms with Gasteiger partial charge in [-0.2, -0.15) is 0 Å². The largest absolute Gasteiger partial charge is 0.477 e. The molecule has 26 heavy (non-hydrogen) atoms. The van der Waals surface area contributed by atoms with Crippen LogP contribution in [0.1, 0.15) is 44.3 Å². The Morgan fingerprint density at radius 3 is 2.54 bits per heavy atom. The number of amides is 1. The molecule has 136 valence electrons. The molecule has 2 N–H and O–H groups in total. The van der Waals surface area contributed by atoms with Crippen LogP contribution in [0.15, 0.2) is 52.6 Å². The van der Waals surface area contributed by atoms with Gasteiger partial charge in [0, 0.05) is 18.1 Å². The van der Waals surface area contributed by atoms with Crippen molar-refractivity contribution >= 4 is 18.0 Å². The second-order valence-electron chi connectivity index (χ2n) is 6.67. The first-order valence-corrected chi connectivity index (χ1v) is 9.02. The van der Waals surface area contributed by atoms with Crippen molar-refractivity contribution in [2.45, 2.75) is 38.5 Å². The van der Waals surface area contributed by atoms with Crippen molar-refractivity contribution in [2.24, 2.45) is 5.92 Å². The smallest absolute Gasteiger partial charge is 0.352 e. The number of carboxylic acid groups (broad SMARTS) is 1. The Morgan fingerprint density at radius 1 is 1.12 bits per heavy atom. The highest BCUT2D eigenvalue weighted by Gasteiger charge is 2.18. The van der Waals surface area contributed by atoms with Crippen molar-refractivity contribution in [1.82, 2.24) is 5.32 Å². The van der Waals surface area contributed by atoms with Crippen LogP contribution < -0.4 is 5.32 Å². The van der Waals surface area contributed by atoms with Crippen LogP contribution in [0.25, 0.3) is 17.4 Å². The van der Waals surface area contributed by atoms with E-state index in [9.17, 15) is 14.7 Å². The molecule has 1 aromatic heterocycles. The summed E-state index contributed by atoms with van der Waals surface area (Å²) in [6.07, 6.45) is 7.32. The zero-order valence-corrected chi connectivity index (χ0v) is 14.6. The maximum absolute atomic E-state index is 12.1. The molecule has 1 aromatic carbocycles. The van der Waals surface area contributed by atoms with Gasteiger partial charge in [0.05, 0.1) is 0 Å². The van der Waals surface area contributed by atoms with E-state index in [-0.39, 0.29) is 11.6 Å². The van der Waals surface area contributed by atoms with Crippen LogP contribution in [0.3, 0.4) is 0 Å². The molecule has 1 heterocycles. The average molecular weight is 353 g/mol. The van der Waals surface area contributed by atoms with Crippen molar-refractivity contribution in [3.05, 3.63) is 53.9 Å². The van der Waals surface area contributed by atoms with Gasteiger partial charge in [0.1, 0.15) is 17.2 Å². The fraction of sp³-hybridized carbons (Fsp3) is 0.333. The van der Waals surface area contributed by atoms with Crippen LogP contribution in [0, 0.1) is 5.92 Å². The second-order valence-corrected chi connectivity index (χ2v) is 6.67. The number of nitrogens with one attached hydrogen (secondary N) is 1. The van der Waals surface area contributed by atoms with Gasteiger partial charge in [-0.1, -0.05) is 56.0 Å². The van der Waals surface area contributed by atoms with Gasteiger partial charge in [-0.05, 0) is 24.5 Å². The first-order valence-electron chi connectivity index (χ1n) is 9.02. The molecule has 1 fully saturated rings. The summed E-state index contributed by atoms with van der Waals surface area (Å²) >= 11 is 0. The van der Waals surface area contributed by atoms with Gasteiger partial charge in [0.25, 0.3) is 0 Å². The molecule has 1 aliphatic rings. The molecule has 0 saturated heterocycles. The standard InChI is InChI=1S/C21H23NO4/c23-20(13-10-15-6-4-5-7-15)22-18(21(24)25)14-17-11-12-19(26-17)16-8-2-1-3-9-16/h1-3,8-9,11-12,14-15H,4-7,10,13H2,(H,22,23)(H,24,25). The number of benzene rings is 1. The van der Waals surface area contributed by atoms with E-state index in [2.05, 4.69) is 5.32 Å². The van der Waals surface area contributed by atoms with E-state index in [0.29, 0.717) is 23.9 Å². The predicted octanol–water partition coefficient (Wildman–Crippen LogP) is 4.46. The number of aliphatic carboxylic acids is 1. The monoisotopic (exact) mass is 353 g/mol. The molecule has 0 atom stereocenters. The van der Waals surface area contributed by atoms with Crippen molar-refractivity contribution in [1.29, 1.82) is 0 Å². The molecule has 1 aliphatic carbocycles. The summed E-state index contributed by atoms with van der Waals surface area (Å²) in [5.41, 5.74) is 0.736. The van der Waals surface area contributed by atoms with Crippen LogP contribution in [0.4, 0.5) is 0 Å². The molecule has 0 unspecified atom stereocenters. The van der Waals surface area contributed by atoms with Crippen LogP contribution in [0.2, 0.25) is 0 Å². The van der Waals surface area contributed by atoms with E-state index in [1.54, 1.807) is 12.1 Å². The summed E-state index contributed by atoms with van der Waals surface area (Å²) in [5.74, 6) is 0.181. The predicted molar refractivity (Wildman–Crippen MR) is 99.1 cm³/mol. The highest BCUT2D eigenvalue weighted by Crippen LogP contribution is 2.28. The molecular weight excluding hydrogens is 330 g/mol. The van der Waals surface area contributed by atoms with E-state index < -0.39 is 5.97 Å². The van der Waals surface area contributed by atoms with E-state index in [4.69, 9.17) is 4.42 Å². The normalized spacial score (nSPS) is 15.2. The molecule has 2 aromatic rings. The molecule has 0 bridgehead atoms. The molecule has 0 aliphatic heterocycles. The van der Waals surface area contributed by atoms with Crippen molar-refractivity contribution in [3.8, 4) is 11.3 Å². The van der Waals surface area contributed by atoms with Crippen LogP contribution in [0.5, 0.6) is 0 Å². The van der Waals surface area contributed by atoms with E-state index in [1.165, 1.54) is 31.8 Å². The quantitative estimate of drug-likeness (QED) is 0.720. The third-order valence-electron chi connectivity index (χ3n) is 4.73. The number of hydrogen-bond donors (Lipinski definition) is 2. The summed E-state index contributed by atoms with van der Waals surface area (Å²) in [4.78, 5) is 23.5. The van der Waals surface area contributed by atoms with Gasteiger partial charge in [-0.25, -0.2) is 4.79 Å². The minimum atomic E-state index is -1.18. The first-order chi connectivity index (χ1) is 12.6. The number of carbonyl (C=O) groups is 2. The molecule has 0 radical (unpaired) electrons. The molecule has 0 spiro atoms. The summed E-state index contributed by atoms with van der Waals surface area (Å²) in [5, 5.41) is 11.9. The zero-order valence-electron chi connectivity index (χ0n) is 14.6. The zero-order chi connectivity index (χ0) is 18.4. The summed E-state index contributed by atoms with van der Waals surface area (Å²) in [7, 11) is 0. The Bertz CT molecular complexity index is 785. The molecular formula is C21H23NO4. The van der Waals surface area contributed by atoms with Gasteiger partial charge in [0.2, 0.25) is 5.91 Å². The second kappa shape index (κ2) is 8.52. The molecule has 1 saturated carbocycles. The van der Waals surface area contributed by atoms with Crippen LogP contribution >= 0.6 is 0 Å². The van der Waals surface area contributed by atoms with Gasteiger partial charge < -0.3 is 14.8 Å². The molecule has 3 rings (SSSR count). The van der Waals surface area contributed by atoms with E-state index in [1.807, 2.05) is 30.3 Å². The van der Waals surface area contributed by atoms with Gasteiger partial charge in [-0.15, -0.1) is 0 Å². The minimum Gasteiger partial charge on any atom is -0.477 e. The topological polar surface area (TPSA) is 79.5 Å². The third kappa shape index (κ3) is 4.85. The number of hydrogen-bond acceptors (Lipinski definition) is 3. The summed E-state index contributed by atoms with van der Waals surface area (Å²) in [6.45, 7) is 0. The number of rotatable bonds is 7. The molecule has 5 heteroatoms. The molecule has 1 amide bonds. The SMILES string of the molecule is O=C(CCC1CCCC1)NC(=Cc1ccc(-c2ccccc2)o1)C(=O)O. The Labute approximate surface area is 152 Å². The van der Waals surface area contributed by atoms with Gasteiger partial charge in [0.15, 0.2) is 0 Å². The van der Waals surface area contributed by atoms with E-state index >= 15 is 0 Å². The van der Waals surface area contributed by atoms with Crippen molar-refractivity contribution < 1.29 is 19.1 Å².